The van der Waals surface area contributed by atoms with E-state index in [1.807, 2.05) is 13.8 Å². The molecule has 1 aromatic carbocycles. The maximum atomic E-state index is 13.3. The molecule has 0 N–H and O–H groups in total. The van der Waals surface area contributed by atoms with E-state index in [2.05, 4.69) is 0 Å². The highest BCUT2D eigenvalue weighted by molar-refractivity contribution is 5.61. The van der Waals surface area contributed by atoms with Gasteiger partial charge in [0.05, 0.1) is 0 Å². The molecule has 1 heterocycles. The fraction of sp³-hybridized carbons (Fsp3) is 0.273. The molecule has 0 saturated heterocycles. The van der Waals surface area contributed by atoms with Gasteiger partial charge in [0.2, 0.25) is 0 Å². The number of fused-ring (bicyclic) bond motifs is 1. The summed E-state index contributed by atoms with van der Waals surface area (Å²) in [6.45, 7) is 3.63. The van der Waals surface area contributed by atoms with Crippen molar-refractivity contribution >= 4 is 6.08 Å². The summed E-state index contributed by atoms with van der Waals surface area (Å²) in [5.41, 5.74) is -0.0899. The van der Waals surface area contributed by atoms with Gasteiger partial charge >= 0.3 is 0 Å². The van der Waals surface area contributed by atoms with Crippen LogP contribution in [0.1, 0.15) is 19.4 Å². The van der Waals surface area contributed by atoms with Gasteiger partial charge in [0.1, 0.15) is 11.4 Å². The van der Waals surface area contributed by atoms with E-state index in [1.54, 1.807) is 12.2 Å². The number of benzene rings is 1. The van der Waals surface area contributed by atoms with Crippen LogP contribution in [0.3, 0.4) is 0 Å². The first kappa shape index (κ1) is 9.19. The lowest BCUT2D eigenvalue weighted by Gasteiger charge is -2.27. The van der Waals surface area contributed by atoms with Crippen LogP contribution in [0.4, 0.5) is 8.78 Å². The highest BCUT2D eigenvalue weighted by Crippen LogP contribution is 2.33. The van der Waals surface area contributed by atoms with Gasteiger partial charge in [-0.15, -0.1) is 0 Å². The molecule has 14 heavy (non-hydrogen) atoms. The lowest BCUT2D eigenvalue weighted by atomic mass is 10.0. The minimum Gasteiger partial charge on any atom is -0.480 e. The molecule has 0 radical (unpaired) electrons. The molecule has 0 saturated carbocycles. The molecule has 0 fully saturated rings. The monoisotopic (exact) mass is 196 g/mol. The SMILES string of the molecule is CC1(C)C=Cc2cc(F)cc(F)c2O1. The minimum absolute atomic E-state index is 0.124. The molecule has 1 aliphatic heterocycles. The van der Waals surface area contributed by atoms with Crippen LogP contribution in [0.15, 0.2) is 18.2 Å². The van der Waals surface area contributed by atoms with Crippen molar-refractivity contribution in [3.05, 3.63) is 35.4 Å². The Hall–Kier alpha value is -1.38. The Labute approximate surface area is 81.0 Å². The summed E-state index contributed by atoms with van der Waals surface area (Å²) in [5, 5.41) is 0. The molecular weight excluding hydrogens is 186 g/mol. The predicted molar refractivity (Wildman–Crippen MR) is 50.1 cm³/mol. The van der Waals surface area contributed by atoms with Crippen LogP contribution in [0.5, 0.6) is 5.75 Å². The van der Waals surface area contributed by atoms with Crippen molar-refractivity contribution in [2.24, 2.45) is 0 Å². The lowest BCUT2D eigenvalue weighted by molar-refractivity contribution is 0.151. The Morgan fingerprint density at radius 1 is 1.21 bits per heavy atom. The molecule has 3 heteroatoms. The summed E-state index contributed by atoms with van der Waals surface area (Å²) in [6, 6.07) is 2.08. The summed E-state index contributed by atoms with van der Waals surface area (Å²) in [6.07, 6.45) is 3.44. The number of halogens is 2. The van der Waals surface area contributed by atoms with Crippen LogP contribution in [-0.2, 0) is 0 Å². The van der Waals surface area contributed by atoms with E-state index in [-0.39, 0.29) is 5.75 Å². The molecule has 0 aromatic heterocycles. The van der Waals surface area contributed by atoms with Gasteiger partial charge in [-0.1, -0.05) is 6.08 Å². The summed E-state index contributed by atoms with van der Waals surface area (Å²) >= 11 is 0. The average Bonchev–Trinajstić information content (AvgIpc) is 2.06. The Morgan fingerprint density at radius 2 is 1.93 bits per heavy atom. The van der Waals surface area contributed by atoms with E-state index < -0.39 is 17.2 Å². The molecule has 0 aliphatic carbocycles. The van der Waals surface area contributed by atoms with Crippen molar-refractivity contribution in [2.45, 2.75) is 19.4 Å². The van der Waals surface area contributed by atoms with Gasteiger partial charge < -0.3 is 4.74 Å². The standard InChI is InChI=1S/C11H10F2O/c1-11(2)4-3-7-5-8(12)6-9(13)10(7)14-11/h3-6H,1-2H3. The second-order valence-corrected chi connectivity index (χ2v) is 3.84. The molecule has 0 bridgehead atoms. The molecule has 0 amide bonds. The van der Waals surface area contributed by atoms with Gasteiger partial charge in [0.25, 0.3) is 0 Å². The number of hydrogen-bond donors (Lipinski definition) is 0. The highest BCUT2D eigenvalue weighted by Gasteiger charge is 2.24. The van der Waals surface area contributed by atoms with Gasteiger partial charge in [-0.25, -0.2) is 8.78 Å². The topological polar surface area (TPSA) is 9.23 Å². The van der Waals surface area contributed by atoms with E-state index in [1.165, 1.54) is 6.07 Å². The van der Waals surface area contributed by atoms with Gasteiger partial charge in [0, 0.05) is 11.6 Å². The highest BCUT2D eigenvalue weighted by atomic mass is 19.1. The normalized spacial score (nSPS) is 17.4. The number of ether oxygens (including phenoxy) is 1. The van der Waals surface area contributed by atoms with Crippen molar-refractivity contribution in [3.8, 4) is 5.75 Å². The Kier molecular flexibility index (Phi) is 1.84. The first-order valence-corrected chi connectivity index (χ1v) is 4.35. The van der Waals surface area contributed by atoms with Crippen molar-refractivity contribution in [3.63, 3.8) is 0 Å². The zero-order valence-electron chi connectivity index (χ0n) is 7.97. The molecule has 0 unspecified atom stereocenters. The molecule has 1 aromatic rings. The molecule has 0 atom stereocenters. The van der Waals surface area contributed by atoms with Gasteiger partial charge in [-0.05, 0) is 26.0 Å². The summed E-state index contributed by atoms with van der Waals surface area (Å²) < 4.78 is 31.5. The van der Waals surface area contributed by atoms with Crippen LogP contribution < -0.4 is 4.74 Å². The van der Waals surface area contributed by atoms with Crippen LogP contribution in [0.25, 0.3) is 6.08 Å². The quantitative estimate of drug-likeness (QED) is 0.619. The van der Waals surface area contributed by atoms with E-state index in [0.29, 0.717) is 5.56 Å². The molecule has 74 valence electrons. The Morgan fingerprint density at radius 3 is 2.64 bits per heavy atom. The third-order valence-corrected chi connectivity index (χ3v) is 2.07. The third kappa shape index (κ3) is 1.50. The largest absolute Gasteiger partial charge is 0.480 e. The first-order chi connectivity index (χ1) is 6.48. The second-order valence-electron chi connectivity index (χ2n) is 3.84. The number of rotatable bonds is 0. The maximum absolute atomic E-state index is 13.3. The summed E-state index contributed by atoms with van der Waals surface area (Å²) in [5.74, 6) is -1.12. The minimum atomic E-state index is -0.655. The van der Waals surface area contributed by atoms with E-state index in [4.69, 9.17) is 4.74 Å². The van der Waals surface area contributed by atoms with Gasteiger partial charge in [-0.2, -0.15) is 0 Å². The van der Waals surface area contributed by atoms with Crippen LogP contribution in [0, 0.1) is 11.6 Å². The molecule has 0 spiro atoms. The van der Waals surface area contributed by atoms with Gasteiger partial charge in [0.15, 0.2) is 11.6 Å². The second kappa shape index (κ2) is 2.80. The zero-order chi connectivity index (χ0) is 10.3. The number of hydrogen-bond acceptors (Lipinski definition) is 1. The van der Waals surface area contributed by atoms with Crippen LogP contribution in [0.2, 0.25) is 0 Å². The maximum Gasteiger partial charge on any atom is 0.168 e. The predicted octanol–water partition coefficient (Wildman–Crippen LogP) is 3.15. The Bertz CT molecular complexity index is 408. The molecule has 1 aliphatic rings. The van der Waals surface area contributed by atoms with E-state index in [0.717, 1.165) is 6.07 Å². The van der Waals surface area contributed by atoms with E-state index >= 15 is 0 Å². The van der Waals surface area contributed by atoms with Crippen LogP contribution in [-0.4, -0.2) is 5.60 Å². The molecule has 2 rings (SSSR count). The van der Waals surface area contributed by atoms with Gasteiger partial charge in [-0.3, -0.25) is 0 Å². The molecule has 1 nitrogen and oxygen atoms in total. The fourth-order valence-corrected chi connectivity index (χ4v) is 1.40. The summed E-state index contributed by atoms with van der Waals surface area (Å²) in [4.78, 5) is 0. The lowest BCUT2D eigenvalue weighted by Crippen LogP contribution is -2.28. The van der Waals surface area contributed by atoms with Crippen molar-refractivity contribution in [1.82, 2.24) is 0 Å². The van der Waals surface area contributed by atoms with E-state index in [9.17, 15) is 8.78 Å². The Balaban J connectivity index is 2.56. The van der Waals surface area contributed by atoms with Crippen molar-refractivity contribution in [1.29, 1.82) is 0 Å². The first-order valence-electron chi connectivity index (χ1n) is 4.35. The molecular formula is C11H10F2O. The fourth-order valence-electron chi connectivity index (χ4n) is 1.40. The summed E-state index contributed by atoms with van der Waals surface area (Å²) in [7, 11) is 0. The van der Waals surface area contributed by atoms with Crippen LogP contribution >= 0.6 is 0 Å². The van der Waals surface area contributed by atoms with Crippen molar-refractivity contribution < 1.29 is 13.5 Å². The average molecular weight is 196 g/mol. The third-order valence-electron chi connectivity index (χ3n) is 2.07. The zero-order valence-corrected chi connectivity index (χ0v) is 7.97. The van der Waals surface area contributed by atoms with Crippen molar-refractivity contribution in [2.75, 3.05) is 0 Å². The smallest absolute Gasteiger partial charge is 0.168 e.